The SMILES string of the molecule is CCOc1cccc(-c2[nH]c3ccc(C)cc3c2CC(=O)O)c1. The summed E-state index contributed by atoms with van der Waals surface area (Å²) in [5.74, 6) is -0.0595. The van der Waals surface area contributed by atoms with Gasteiger partial charge in [0.2, 0.25) is 0 Å². The van der Waals surface area contributed by atoms with Crippen LogP contribution in [-0.4, -0.2) is 22.7 Å². The fourth-order valence-electron chi connectivity index (χ4n) is 2.85. The molecule has 0 amide bonds. The topological polar surface area (TPSA) is 62.3 Å². The van der Waals surface area contributed by atoms with Crippen molar-refractivity contribution < 1.29 is 14.6 Å². The standard InChI is InChI=1S/C19H19NO3/c1-3-23-14-6-4-5-13(10-14)19-16(11-18(21)22)15-9-12(2)7-8-17(15)20-19/h4-10,20H,3,11H2,1-2H3,(H,21,22). The van der Waals surface area contributed by atoms with Gasteiger partial charge in [0, 0.05) is 16.5 Å². The number of benzene rings is 2. The normalized spacial score (nSPS) is 10.9. The Morgan fingerprint density at radius 3 is 2.78 bits per heavy atom. The van der Waals surface area contributed by atoms with Crippen LogP contribution in [0.5, 0.6) is 5.75 Å². The molecule has 3 aromatic rings. The summed E-state index contributed by atoms with van der Waals surface area (Å²) >= 11 is 0. The summed E-state index contributed by atoms with van der Waals surface area (Å²) in [5, 5.41) is 10.2. The number of ether oxygens (including phenoxy) is 1. The molecule has 0 bridgehead atoms. The van der Waals surface area contributed by atoms with Gasteiger partial charge in [-0.3, -0.25) is 4.79 Å². The maximum atomic E-state index is 11.3. The third-order valence-corrected chi connectivity index (χ3v) is 3.82. The maximum Gasteiger partial charge on any atom is 0.307 e. The Hall–Kier alpha value is -2.75. The summed E-state index contributed by atoms with van der Waals surface area (Å²) in [7, 11) is 0. The molecule has 0 unspecified atom stereocenters. The van der Waals surface area contributed by atoms with E-state index in [0.717, 1.165) is 39.0 Å². The molecule has 0 aliphatic rings. The minimum atomic E-state index is -0.838. The zero-order chi connectivity index (χ0) is 16.4. The average Bonchev–Trinajstić information content (AvgIpc) is 2.85. The van der Waals surface area contributed by atoms with E-state index in [4.69, 9.17) is 4.74 Å². The molecule has 0 aliphatic carbocycles. The minimum Gasteiger partial charge on any atom is -0.494 e. The third-order valence-electron chi connectivity index (χ3n) is 3.82. The van der Waals surface area contributed by atoms with Crippen molar-refractivity contribution in [1.29, 1.82) is 0 Å². The number of rotatable bonds is 5. The van der Waals surface area contributed by atoms with Gasteiger partial charge in [0.05, 0.1) is 18.7 Å². The lowest BCUT2D eigenvalue weighted by molar-refractivity contribution is -0.136. The number of hydrogen-bond acceptors (Lipinski definition) is 2. The van der Waals surface area contributed by atoms with Crippen LogP contribution in [0.25, 0.3) is 22.2 Å². The Morgan fingerprint density at radius 2 is 2.04 bits per heavy atom. The summed E-state index contributed by atoms with van der Waals surface area (Å²) in [6.45, 7) is 4.54. The molecule has 0 aliphatic heterocycles. The Labute approximate surface area is 134 Å². The lowest BCUT2D eigenvalue weighted by Gasteiger charge is -2.07. The van der Waals surface area contributed by atoms with E-state index in [2.05, 4.69) is 4.98 Å². The van der Waals surface area contributed by atoms with Gasteiger partial charge < -0.3 is 14.8 Å². The van der Waals surface area contributed by atoms with Crippen LogP contribution < -0.4 is 4.74 Å². The van der Waals surface area contributed by atoms with E-state index in [9.17, 15) is 9.90 Å². The molecule has 1 aromatic heterocycles. The fraction of sp³-hybridized carbons (Fsp3) is 0.211. The number of hydrogen-bond donors (Lipinski definition) is 2. The molecule has 118 valence electrons. The first-order chi connectivity index (χ1) is 11.1. The van der Waals surface area contributed by atoms with Gasteiger partial charge >= 0.3 is 5.97 Å². The van der Waals surface area contributed by atoms with Crippen molar-refractivity contribution in [1.82, 2.24) is 4.98 Å². The van der Waals surface area contributed by atoms with Gasteiger partial charge in [-0.05, 0) is 43.7 Å². The van der Waals surface area contributed by atoms with Gasteiger partial charge in [0.1, 0.15) is 5.75 Å². The smallest absolute Gasteiger partial charge is 0.307 e. The highest BCUT2D eigenvalue weighted by molar-refractivity contribution is 5.94. The van der Waals surface area contributed by atoms with Gasteiger partial charge in [-0.1, -0.05) is 23.8 Å². The van der Waals surface area contributed by atoms with E-state index in [-0.39, 0.29) is 6.42 Å². The summed E-state index contributed by atoms with van der Waals surface area (Å²) in [4.78, 5) is 14.7. The molecule has 3 rings (SSSR count). The van der Waals surface area contributed by atoms with Crippen LogP contribution in [0.3, 0.4) is 0 Å². The quantitative estimate of drug-likeness (QED) is 0.743. The molecule has 0 spiro atoms. The predicted octanol–water partition coefficient (Wildman–Crippen LogP) is 4.17. The highest BCUT2D eigenvalue weighted by Crippen LogP contribution is 2.33. The Kier molecular flexibility index (Phi) is 4.06. The van der Waals surface area contributed by atoms with Crippen LogP contribution in [0.15, 0.2) is 42.5 Å². The molecule has 4 heteroatoms. The first kappa shape index (κ1) is 15.2. The fourth-order valence-corrected chi connectivity index (χ4v) is 2.85. The Morgan fingerprint density at radius 1 is 1.22 bits per heavy atom. The van der Waals surface area contributed by atoms with Gasteiger partial charge in [-0.2, -0.15) is 0 Å². The molecule has 0 radical (unpaired) electrons. The molecule has 2 N–H and O–H groups in total. The van der Waals surface area contributed by atoms with E-state index >= 15 is 0 Å². The molecule has 1 heterocycles. The van der Waals surface area contributed by atoms with Crippen LogP contribution in [-0.2, 0) is 11.2 Å². The average molecular weight is 309 g/mol. The maximum absolute atomic E-state index is 11.3. The Balaban J connectivity index is 2.19. The first-order valence-corrected chi connectivity index (χ1v) is 7.64. The second-order valence-electron chi connectivity index (χ2n) is 5.56. The van der Waals surface area contributed by atoms with Crippen LogP contribution in [0, 0.1) is 6.92 Å². The van der Waals surface area contributed by atoms with E-state index in [1.807, 2.05) is 56.3 Å². The van der Waals surface area contributed by atoms with Gasteiger partial charge in [-0.25, -0.2) is 0 Å². The Bertz CT molecular complexity index is 864. The lowest BCUT2D eigenvalue weighted by Crippen LogP contribution is -2.01. The van der Waals surface area contributed by atoms with Crippen molar-refractivity contribution >= 4 is 16.9 Å². The molecule has 0 fully saturated rings. The van der Waals surface area contributed by atoms with Gasteiger partial charge in [-0.15, -0.1) is 0 Å². The number of aryl methyl sites for hydroxylation is 1. The summed E-state index contributed by atoms with van der Waals surface area (Å²) in [6.07, 6.45) is -0.0162. The number of carboxylic acids is 1. The molecule has 2 aromatic carbocycles. The highest BCUT2D eigenvalue weighted by atomic mass is 16.5. The van der Waals surface area contributed by atoms with Crippen molar-refractivity contribution in [2.75, 3.05) is 6.61 Å². The number of aromatic amines is 1. The van der Waals surface area contributed by atoms with Crippen LogP contribution in [0.1, 0.15) is 18.1 Å². The zero-order valence-corrected chi connectivity index (χ0v) is 13.2. The number of carbonyl (C=O) groups is 1. The number of carboxylic acid groups (broad SMARTS) is 1. The van der Waals surface area contributed by atoms with Crippen molar-refractivity contribution in [3.63, 3.8) is 0 Å². The first-order valence-electron chi connectivity index (χ1n) is 7.64. The highest BCUT2D eigenvalue weighted by Gasteiger charge is 2.16. The minimum absolute atomic E-state index is 0.0162. The lowest BCUT2D eigenvalue weighted by atomic mass is 10.0. The van der Waals surface area contributed by atoms with Crippen molar-refractivity contribution in [3.05, 3.63) is 53.6 Å². The zero-order valence-electron chi connectivity index (χ0n) is 13.2. The number of nitrogens with one attached hydrogen (secondary N) is 1. The van der Waals surface area contributed by atoms with Crippen LogP contribution in [0.2, 0.25) is 0 Å². The number of H-pyrrole nitrogens is 1. The van der Waals surface area contributed by atoms with Gasteiger partial charge in [0.25, 0.3) is 0 Å². The monoisotopic (exact) mass is 309 g/mol. The molecular weight excluding hydrogens is 290 g/mol. The van der Waals surface area contributed by atoms with E-state index in [0.29, 0.717) is 6.61 Å². The molecule has 0 atom stereocenters. The van der Waals surface area contributed by atoms with Crippen molar-refractivity contribution in [2.24, 2.45) is 0 Å². The summed E-state index contributed by atoms with van der Waals surface area (Å²) in [5.41, 5.74) is 4.64. The molecule has 4 nitrogen and oxygen atoms in total. The summed E-state index contributed by atoms with van der Waals surface area (Å²) in [6, 6.07) is 13.8. The third kappa shape index (κ3) is 3.06. The van der Waals surface area contributed by atoms with Crippen molar-refractivity contribution in [3.8, 4) is 17.0 Å². The van der Waals surface area contributed by atoms with E-state index in [1.54, 1.807) is 0 Å². The van der Waals surface area contributed by atoms with E-state index < -0.39 is 5.97 Å². The summed E-state index contributed by atoms with van der Waals surface area (Å²) < 4.78 is 5.55. The van der Waals surface area contributed by atoms with Crippen LogP contribution in [0.4, 0.5) is 0 Å². The van der Waals surface area contributed by atoms with Crippen LogP contribution >= 0.6 is 0 Å². The van der Waals surface area contributed by atoms with E-state index in [1.165, 1.54) is 0 Å². The number of aliphatic carboxylic acids is 1. The largest absolute Gasteiger partial charge is 0.494 e. The van der Waals surface area contributed by atoms with Crippen molar-refractivity contribution in [2.45, 2.75) is 20.3 Å². The molecule has 0 saturated heterocycles. The second-order valence-corrected chi connectivity index (χ2v) is 5.56. The second kappa shape index (κ2) is 6.16. The number of fused-ring (bicyclic) bond motifs is 1. The molecule has 0 saturated carbocycles. The molecular formula is C19H19NO3. The molecule has 23 heavy (non-hydrogen) atoms. The predicted molar refractivity (Wildman–Crippen MR) is 91.0 cm³/mol. The number of aromatic nitrogens is 1. The van der Waals surface area contributed by atoms with Gasteiger partial charge in [0.15, 0.2) is 0 Å².